The molecule has 0 radical (unpaired) electrons. The fourth-order valence-electron chi connectivity index (χ4n) is 1.79. The normalized spacial score (nSPS) is 11.1. The van der Waals surface area contributed by atoms with Gasteiger partial charge in [-0.05, 0) is 19.1 Å². The molecule has 2 N–H and O–H groups in total. The van der Waals surface area contributed by atoms with Crippen LogP contribution in [0.1, 0.15) is 6.92 Å². The molecule has 5 heteroatoms. The Kier molecular flexibility index (Phi) is 2.11. The lowest BCUT2D eigenvalue weighted by atomic mass is 10.2. The minimum Gasteiger partial charge on any atom is -0.450 e. The zero-order chi connectivity index (χ0) is 11.8. The lowest BCUT2D eigenvalue weighted by molar-refractivity contribution is 0.252. The van der Waals surface area contributed by atoms with E-state index in [4.69, 9.17) is 14.9 Å². The number of para-hydroxylation sites is 1. The Morgan fingerprint density at radius 3 is 2.94 bits per heavy atom. The van der Waals surface area contributed by atoms with Gasteiger partial charge in [0.1, 0.15) is 0 Å². The first-order valence-electron chi connectivity index (χ1n) is 5.37. The van der Waals surface area contributed by atoms with Crippen LogP contribution < -0.4 is 10.5 Å². The first-order valence-corrected chi connectivity index (χ1v) is 5.37. The summed E-state index contributed by atoms with van der Waals surface area (Å²) in [5.74, 6) is 0.355. The quantitative estimate of drug-likeness (QED) is 0.730. The van der Waals surface area contributed by atoms with Crippen molar-refractivity contribution in [3.63, 3.8) is 0 Å². The topological polar surface area (TPSA) is 74.2 Å². The summed E-state index contributed by atoms with van der Waals surface area (Å²) in [6, 6.07) is 7.63. The molecule has 3 aromatic rings. The number of aromatic nitrogens is 2. The van der Waals surface area contributed by atoms with Crippen molar-refractivity contribution in [1.29, 1.82) is 0 Å². The number of hydrogen-bond acceptors (Lipinski definition) is 5. The third-order valence-electron chi connectivity index (χ3n) is 2.51. The van der Waals surface area contributed by atoms with Crippen LogP contribution >= 0.6 is 0 Å². The van der Waals surface area contributed by atoms with Crippen molar-refractivity contribution < 1.29 is 9.15 Å². The molecule has 0 saturated carbocycles. The van der Waals surface area contributed by atoms with Crippen LogP contribution in [-0.4, -0.2) is 16.6 Å². The Morgan fingerprint density at radius 2 is 2.12 bits per heavy atom. The largest absolute Gasteiger partial charge is 0.450 e. The summed E-state index contributed by atoms with van der Waals surface area (Å²) in [4.78, 5) is 8.45. The molecular weight excluding hydrogens is 218 g/mol. The Hall–Kier alpha value is -2.30. The molecule has 5 nitrogen and oxygen atoms in total. The van der Waals surface area contributed by atoms with Gasteiger partial charge in [-0.3, -0.25) is 0 Å². The number of nitrogens with zero attached hydrogens (tertiary/aromatic N) is 2. The average Bonchev–Trinajstić information content (AvgIpc) is 2.74. The van der Waals surface area contributed by atoms with Crippen LogP contribution in [0.25, 0.3) is 22.0 Å². The van der Waals surface area contributed by atoms with Gasteiger partial charge in [0.15, 0.2) is 16.9 Å². The lowest BCUT2D eigenvalue weighted by Gasteiger charge is -1.98. The number of nitrogen functional groups attached to an aromatic ring is 1. The number of fused-ring (bicyclic) bond motifs is 3. The van der Waals surface area contributed by atoms with Crippen molar-refractivity contribution in [2.75, 3.05) is 12.3 Å². The van der Waals surface area contributed by atoms with Crippen LogP contribution in [-0.2, 0) is 0 Å². The molecule has 1 aromatic carbocycles. The van der Waals surface area contributed by atoms with Crippen molar-refractivity contribution in [3.05, 3.63) is 24.3 Å². The fourth-order valence-corrected chi connectivity index (χ4v) is 1.79. The van der Waals surface area contributed by atoms with Gasteiger partial charge in [-0.1, -0.05) is 12.1 Å². The van der Waals surface area contributed by atoms with Crippen LogP contribution in [0.3, 0.4) is 0 Å². The molecule has 0 unspecified atom stereocenters. The molecule has 3 rings (SSSR count). The van der Waals surface area contributed by atoms with Crippen molar-refractivity contribution >= 4 is 27.8 Å². The van der Waals surface area contributed by atoms with E-state index >= 15 is 0 Å². The van der Waals surface area contributed by atoms with E-state index in [0.717, 1.165) is 10.9 Å². The number of oxazole rings is 1. The van der Waals surface area contributed by atoms with Crippen LogP contribution in [0.5, 0.6) is 6.08 Å². The van der Waals surface area contributed by atoms with E-state index < -0.39 is 0 Å². The Labute approximate surface area is 97.2 Å². The standard InChI is InChI=1S/C12H11N3O2/c1-2-16-12-15-9-10(17-12)7-5-3-4-6-8(7)14-11(9)13/h3-6H,2H2,1H3,(H2,13,14). The van der Waals surface area contributed by atoms with E-state index in [1.807, 2.05) is 31.2 Å². The second-order valence-electron chi connectivity index (χ2n) is 3.60. The maximum atomic E-state index is 5.84. The summed E-state index contributed by atoms with van der Waals surface area (Å²) in [6.07, 6.45) is 0.229. The van der Waals surface area contributed by atoms with Crippen LogP contribution in [0.2, 0.25) is 0 Å². The molecule has 17 heavy (non-hydrogen) atoms. The summed E-state index contributed by atoms with van der Waals surface area (Å²) in [6.45, 7) is 2.37. The highest BCUT2D eigenvalue weighted by Gasteiger charge is 2.14. The molecule has 0 saturated heterocycles. The summed E-state index contributed by atoms with van der Waals surface area (Å²) >= 11 is 0. The van der Waals surface area contributed by atoms with Gasteiger partial charge in [-0.2, -0.15) is 4.98 Å². The number of nitrogens with two attached hydrogens (primary N) is 1. The molecule has 0 aliphatic rings. The zero-order valence-corrected chi connectivity index (χ0v) is 9.30. The van der Waals surface area contributed by atoms with E-state index in [0.29, 0.717) is 23.5 Å². The zero-order valence-electron chi connectivity index (χ0n) is 9.30. The van der Waals surface area contributed by atoms with Gasteiger partial charge in [-0.25, -0.2) is 4.98 Å². The van der Waals surface area contributed by atoms with Crippen molar-refractivity contribution in [3.8, 4) is 6.08 Å². The monoisotopic (exact) mass is 229 g/mol. The first kappa shape index (κ1) is 9.89. The summed E-state index contributed by atoms with van der Waals surface area (Å²) in [5.41, 5.74) is 7.80. The number of rotatable bonds is 2. The maximum absolute atomic E-state index is 5.84. The van der Waals surface area contributed by atoms with Crippen LogP contribution in [0, 0.1) is 0 Å². The second-order valence-corrected chi connectivity index (χ2v) is 3.60. The van der Waals surface area contributed by atoms with E-state index in [1.165, 1.54) is 0 Å². The van der Waals surface area contributed by atoms with Crippen LogP contribution in [0.15, 0.2) is 28.7 Å². The summed E-state index contributed by atoms with van der Waals surface area (Å²) in [7, 11) is 0. The van der Waals surface area contributed by atoms with Gasteiger partial charge >= 0.3 is 6.08 Å². The lowest BCUT2D eigenvalue weighted by Crippen LogP contribution is -1.93. The maximum Gasteiger partial charge on any atom is 0.394 e. The SMILES string of the molecule is CCOc1nc2c(N)nc3ccccc3c2o1. The van der Waals surface area contributed by atoms with Gasteiger partial charge in [0.05, 0.1) is 12.1 Å². The highest BCUT2D eigenvalue weighted by Crippen LogP contribution is 2.30. The number of anilines is 1. The van der Waals surface area contributed by atoms with Crippen molar-refractivity contribution in [1.82, 2.24) is 9.97 Å². The van der Waals surface area contributed by atoms with Gasteiger partial charge in [-0.15, -0.1) is 0 Å². The third-order valence-corrected chi connectivity index (χ3v) is 2.51. The third kappa shape index (κ3) is 1.47. The molecule has 0 atom stereocenters. The average molecular weight is 229 g/mol. The van der Waals surface area contributed by atoms with Gasteiger partial charge in [0.2, 0.25) is 0 Å². The molecule has 0 spiro atoms. The molecule has 0 aliphatic heterocycles. The predicted molar refractivity (Wildman–Crippen MR) is 64.9 cm³/mol. The molecule has 2 heterocycles. The number of pyridine rings is 1. The highest BCUT2D eigenvalue weighted by atomic mass is 16.6. The second kappa shape index (κ2) is 3.62. The predicted octanol–water partition coefficient (Wildman–Crippen LogP) is 2.36. The van der Waals surface area contributed by atoms with Gasteiger partial charge in [0, 0.05) is 5.39 Å². The van der Waals surface area contributed by atoms with Crippen molar-refractivity contribution in [2.45, 2.75) is 6.92 Å². The number of benzene rings is 1. The number of hydrogen-bond donors (Lipinski definition) is 1. The van der Waals surface area contributed by atoms with E-state index in [2.05, 4.69) is 9.97 Å². The molecular formula is C12H11N3O2. The fraction of sp³-hybridized carbons (Fsp3) is 0.167. The highest BCUT2D eigenvalue weighted by molar-refractivity contribution is 6.04. The molecule has 0 amide bonds. The van der Waals surface area contributed by atoms with E-state index in [-0.39, 0.29) is 6.08 Å². The van der Waals surface area contributed by atoms with Gasteiger partial charge < -0.3 is 14.9 Å². The smallest absolute Gasteiger partial charge is 0.394 e. The molecule has 2 aromatic heterocycles. The molecule has 86 valence electrons. The van der Waals surface area contributed by atoms with E-state index in [9.17, 15) is 0 Å². The summed E-state index contributed by atoms with van der Waals surface area (Å²) in [5, 5.41) is 0.884. The minimum absolute atomic E-state index is 0.229. The minimum atomic E-state index is 0.229. The Bertz CT molecular complexity index is 691. The molecule has 0 bridgehead atoms. The molecule has 0 aliphatic carbocycles. The molecule has 0 fully saturated rings. The van der Waals surface area contributed by atoms with Crippen LogP contribution in [0.4, 0.5) is 5.82 Å². The first-order chi connectivity index (χ1) is 8.29. The number of ether oxygens (including phenoxy) is 1. The van der Waals surface area contributed by atoms with E-state index in [1.54, 1.807) is 0 Å². The summed E-state index contributed by atoms with van der Waals surface area (Å²) < 4.78 is 10.8. The van der Waals surface area contributed by atoms with Gasteiger partial charge in [0.25, 0.3) is 0 Å². The Balaban J connectivity index is 2.39. The Morgan fingerprint density at radius 1 is 1.29 bits per heavy atom. The van der Waals surface area contributed by atoms with Crippen molar-refractivity contribution in [2.24, 2.45) is 0 Å².